The maximum absolute atomic E-state index is 13.7. The number of benzene rings is 2. The van der Waals surface area contributed by atoms with Gasteiger partial charge in [-0.25, -0.2) is 8.42 Å². The first-order chi connectivity index (χ1) is 18.1. The Morgan fingerprint density at radius 2 is 1.72 bits per heavy atom. The monoisotopic (exact) mass is 579 g/mol. The molecule has 0 aromatic heterocycles. The molecule has 2 aromatic carbocycles. The third-order valence-corrected chi connectivity index (χ3v) is 8.80. The number of carbonyl (C=O) groups excluding carboxylic acids is 4. The summed E-state index contributed by atoms with van der Waals surface area (Å²) in [7, 11) is -4.33. The van der Waals surface area contributed by atoms with Crippen LogP contribution in [0.1, 0.15) is 41.0 Å². The van der Waals surface area contributed by atoms with E-state index in [1.54, 1.807) is 52.0 Å². The van der Waals surface area contributed by atoms with Crippen LogP contribution in [0.15, 0.2) is 41.3 Å². The summed E-state index contributed by atoms with van der Waals surface area (Å²) in [4.78, 5) is 53.1. The number of nitrogens with zero attached hydrogens (tertiary/aromatic N) is 3. The summed E-state index contributed by atoms with van der Waals surface area (Å²) in [5, 5.41) is 4.51. The van der Waals surface area contributed by atoms with Crippen LogP contribution in [0.3, 0.4) is 0 Å². The summed E-state index contributed by atoms with van der Waals surface area (Å²) in [6, 6.07) is 6.97. The van der Waals surface area contributed by atoms with Crippen LogP contribution in [0, 0.1) is 0 Å². The predicted octanol–water partition coefficient (Wildman–Crippen LogP) is 1.68. The van der Waals surface area contributed by atoms with E-state index in [1.807, 2.05) is 0 Å². The Morgan fingerprint density at radius 1 is 1.10 bits per heavy atom. The van der Waals surface area contributed by atoms with Gasteiger partial charge in [0.1, 0.15) is 18.2 Å². The van der Waals surface area contributed by atoms with Crippen molar-refractivity contribution in [1.29, 1.82) is 0 Å². The highest BCUT2D eigenvalue weighted by Crippen LogP contribution is 2.29. The summed E-state index contributed by atoms with van der Waals surface area (Å²) >= 11 is 6.03. The summed E-state index contributed by atoms with van der Waals surface area (Å²) < 4.78 is 28.2. The molecule has 2 aromatic rings. The molecule has 1 unspecified atom stereocenters. The lowest BCUT2D eigenvalue weighted by Crippen LogP contribution is -2.58. The molecule has 212 valence electrons. The van der Waals surface area contributed by atoms with E-state index in [2.05, 4.69) is 5.32 Å². The first kappa shape index (κ1) is 30.3. The van der Waals surface area contributed by atoms with Gasteiger partial charge in [0, 0.05) is 24.5 Å². The van der Waals surface area contributed by atoms with Gasteiger partial charge in [-0.1, -0.05) is 23.7 Å². The summed E-state index contributed by atoms with van der Waals surface area (Å²) in [6.07, 6.45) is -0.560. The predicted molar refractivity (Wildman–Crippen MR) is 147 cm³/mol. The quantitative estimate of drug-likeness (QED) is 0.409. The van der Waals surface area contributed by atoms with Crippen molar-refractivity contribution in [3.63, 3.8) is 0 Å². The van der Waals surface area contributed by atoms with Crippen molar-refractivity contribution in [1.82, 2.24) is 19.4 Å². The standard InChI is InChI=1S/C26H34ClN5O6S/c1-15(2)32(17(4)29-18(5)33)25(35)16(3)30-11-10-23(26(30)36)31(14-24(28)34)39(37,38)22-9-7-19-12-21(27)8-6-20(19)13-22/h6-9,12-13,15-17,23H,10-11,14H2,1-5H3,(H2,28,34)(H,29,33)/t16-,17?,23-/m0/s1. The highest BCUT2D eigenvalue weighted by atomic mass is 35.5. The van der Waals surface area contributed by atoms with E-state index in [4.69, 9.17) is 17.3 Å². The van der Waals surface area contributed by atoms with E-state index in [-0.39, 0.29) is 29.8 Å². The Bertz CT molecular complexity index is 1400. The molecule has 3 rings (SSSR count). The Kier molecular flexibility index (Phi) is 9.24. The number of halogens is 1. The second-order valence-electron chi connectivity index (χ2n) is 9.90. The van der Waals surface area contributed by atoms with Gasteiger partial charge in [-0.3, -0.25) is 19.2 Å². The average Bonchev–Trinajstić information content (AvgIpc) is 3.21. The molecule has 1 aliphatic heterocycles. The second-order valence-corrected chi connectivity index (χ2v) is 12.2. The Morgan fingerprint density at radius 3 is 2.31 bits per heavy atom. The second kappa shape index (κ2) is 11.9. The van der Waals surface area contributed by atoms with Crippen molar-refractivity contribution >= 4 is 56.0 Å². The molecule has 1 aliphatic rings. The van der Waals surface area contributed by atoms with Crippen LogP contribution >= 0.6 is 11.6 Å². The topological polar surface area (TPSA) is 150 Å². The van der Waals surface area contributed by atoms with E-state index < -0.39 is 52.5 Å². The van der Waals surface area contributed by atoms with Crippen LogP contribution in [0.5, 0.6) is 0 Å². The Balaban J connectivity index is 1.91. The molecular weight excluding hydrogens is 546 g/mol. The zero-order valence-corrected chi connectivity index (χ0v) is 24.1. The molecule has 11 nitrogen and oxygen atoms in total. The van der Waals surface area contributed by atoms with E-state index >= 15 is 0 Å². The van der Waals surface area contributed by atoms with E-state index in [9.17, 15) is 27.6 Å². The third kappa shape index (κ3) is 6.51. The van der Waals surface area contributed by atoms with Crippen molar-refractivity contribution in [2.24, 2.45) is 5.73 Å². The molecule has 0 bridgehead atoms. The number of primary amides is 1. The average molecular weight is 580 g/mol. The van der Waals surface area contributed by atoms with Gasteiger partial charge in [0.2, 0.25) is 33.7 Å². The lowest BCUT2D eigenvalue weighted by Gasteiger charge is -2.37. The van der Waals surface area contributed by atoms with Crippen LogP contribution in [-0.4, -0.2) is 83.5 Å². The zero-order valence-electron chi connectivity index (χ0n) is 22.5. The molecule has 0 saturated carbocycles. The number of rotatable bonds is 10. The first-order valence-corrected chi connectivity index (χ1v) is 14.4. The molecule has 3 atom stereocenters. The summed E-state index contributed by atoms with van der Waals surface area (Å²) in [6.45, 7) is 7.53. The van der Waals surface area contributed by atoms with E-state index in [0.29, 0.717) is 10.4 Å². The lowest BCUT2D eigenvalue weighted by atomic mass is 10.1. The minimum Gasteiger partial charge on any atom is -0.369 e. The SMILES string of the molecule is CC(=O)NC(C)N(C(=O)[C@H](C)N1CC[C@H](N(CC(N)=O)S(=O)(=O)c2ccc3cc(Cl)ccc3c2)C1=O)C(C)C. The lowest BCUT2D eigenvalue weighted by molar-refractivity contribution is -0.148. The molecule has 3 N–H and O–H groups in total. The first-order valence-electron chi connectivity index (χ1n) is 12.5. The highest BCUT2D eigenvalue weighted by molar-refractivity contribution is 7.89. The number of likely N-dealkylation sites (tertiary alicyclic amines) is 1. The summed E-state index contributed by atoms with van der Waals surface area (Å²) in [5.41, 5.74) is 5.40. The fourth-order valence-electron chi connectivity index (χ4n) is 4.95. The van der Waals surface area contributed by atoms with Crippen molar-refractivity contribution < 1.29 is 27.6 Å². The van der Waals surface area contributed by atoms with Gasteiger partial charge in [0.15, 0.2) is 0 Å². The van der Waals surface area contributed by atoms with Gasteiger partial charge in [-0.2, -0.15) is 4.31 Å². The molecule has 1 fully saturated rings. The minimum absolute atomic E-state index is 0.0646. The van der Waals surface area contributed by atoms with Gasteiger partial charge in [0.05, 0.1) is 11.4 Å². The molecule has 1 saturated heterocycles. The molecule has 0 radical (unpaired) electrons. The minimum atomic E-state index is -4.33. The number of sulfonamides is 1. The van der Waals surface area contributed by atoms with Gasteiger partial charge in [-0.05, 0) is 69.2 Å². The molecule has 4 amide bonds. The van der Waals surface area contributed by atoms with E-state index in [0.717, 1.165) is 9.69 Å². The Hall–Kier alpha value is -3.22. The van der Waals surface area contributed by atoms with Crippen molar-refractivity contribution in [3.05, 3.63) is 41.4 Å². The zero-order chi connectivity index (χ0) is 29.2. The van der Waals surface area contributed by atoms with E-state index in [1.165, 1.54) is 28.9 Å². The van der Waals surface area contributed by atoms with Gasteiger partial charge in [0.25, 0.3) is 0 Å². The Labute approximate surface area is 233 Å². The van der Waals surface area contributed by atoms with Crippen LogP contribution in [0.25, 0.3) is 10.8 Å². The van der Waals surface area contributed by atoms with Crippen LogP contribution < -0.4 is 11.1 Å². The largest absolute Gasteiger partial charge is 0.369 e. The van der Waals surface area contributed by atoms with Crippen molar-refractivity contribution in [2.75, 3.05) is 13.1 Å². The van der Waals surface area contributed by atoms with Crippen LogP contribution in [0.2, 0.25) is 5.02 Å². The number of amides is 4. The maximum atomic E-state index is 13.7. The summed E-state index contributed by atoms with van der Waals surface area (Å²) in [5.74, 6) is -2.24. The molecule has 1 heterocycles. The van der Waals surface area contributed by atoms with Gasteiger partial charge in [-0.15, -0.1) is 0 Å². The smallest absolute Gasteiger partial charge is 0.246 e. The van der Waals surface area contributed by atoms with Gasteiger partial charge < -0.3 is 20.9 Å². The van der Waals surface area contributed by atoms with Crippen LogP contribution in [-0.2, 0) is 29.2 Å². The number of nitrogens with two attached hydrogens (primary N) is 1. The van der Waals surface area contributed by atoms with Crippen molar-refractivity contribution in [3.8, 4) is 0 Å². The van der Waals surface area contributed by atoms with Gasteiger partial charge >= 0.3 is 0 Å². The number of hydrogen-bond donors (Lipinski definition) is 2. The highest BCUT2D eigenvalue weighted by Gasteiger charge is 2.46. The number of carbonyl (C=O) groups is 4. The maximum Gasteiger partial charge on any atom is 0.246 e. The normalized spacial score (nSPS) is 17.5. The molecular formula is C26H34ClN5O6S. The molecule has 0 spiro atoms. The van der Waals surface area contributed by atoms with Crippen LogP contribution in [0.4, 0.5) is 0 Å². The fourth-order valence-corrected chi connectivity index (χ4v) is 6.75. The fraction of sp³-hybridized carbons (Fsp3) is 0.462. The molecule has 0 aliphatic carbocycles. The third-order valence-electron chi connectivity index (χ3n) is 6.72. The molecule has 13 heteroatoms. The number of nitrogens with one attached hydrogen (secondary N) is 1. The molecule has 39 heavy (non-hydrogen) atoms. The number of fused-ring (bicyclic) bond motifs is 1. The number of hydrogen-bond acceptors (Lipinski definition) is 6. The van der Waals surface area contributed by atoms with Crippen molar-refractivity contribution in [2.45, 2.75) is 70.2 Å².